The molecule has 0 N–H and O–H groups in total. The van der Waals surface area contributed by atoms with Crippen molar-refractivity contribution in [2.45, 2.75) is 33.2 Å². The molecule has 0 amide bonds. The van der Waals surface area contributed by atoms with Crippen molar-refractivity contribution in [2.24, 2.45) is 0 Å². The third-order valence-corrected chi connectivity index (χ3v) is 3.07. The number of halogens is 2. The van der Waals surface area contributed by atoms with Gasteiger partial charge in [0, 0.05) is 31.1 Å². The Morgan fingerprint density at radius 3 is 2.65 bits per heavy atom. The first-order valence-corrected chi connectivity index (χ1v) is 6.48. The minimum absolute atomic E-state index is 0.0416. The molecule has 0 radical (unpaired) electrons. The van der Waals surface area contributed by atoms with Crippen LogP contribution in [0.15, 0.2) is 24.3 Å². The third kappa shape index (κ3) is 3.29. The summed E-state index contributed by atoms with van der Waals surface area (Å²) >= 11 is 0. The number of hydrogen-bond donors (Lipinski definition) is 0. The van der Waals surface area contributed by atoms with Gasteiger partial charge in [-0.25, -0.2) is 8.78 Å². The van der Waals surface area contributed by atoms with E-state index < -0.39 is 11.6 Å². The highest BCUT2D eigenvalue weighted by Crippen LogP contribution is 2.12. The highest BCUT2D eigenvalue weighted by molar-refractivity contribution is 5.82. The SMILES string of the molecule is CCn1nc(C)cc1CC(=O)Cc1ccc(F)cc1F. The maximum atomic E-state index is 13.5. The van der Waals surface area contributed by atoms with Gasteiger partial charge in [0.15, 0.2) is 0 Å². The van der Waals surface area contributed by atoms with Crippen LogP contribution in [0.2, 0.25) is 0 Å². The molecule has 0 unspecified atom stereocenters. The van der Waals surface area contributed by atoms with Crippen LogP contribution in [0.3, 0.4) is 0 Å². The molecule has 2 rings (SSSR count). The second-order valence-corrected chi connectivity index (χ2v) is 4.72. The Kier molecular flexibility index (Phi) is 4.27. The van der Waals surface area contributed by atoms with Crippen LogP contribution < -0.4 is 0 Å². The zero-order valence-corrected chi connectivity index (χ0v) is 11.5. The number of benzene rings is 1. The fraction of sp³-hybridized carbons (Fsp3) is 0.333. The lowest BCUT2D eigenvalue weighted by atomic mass is 10.0. The van der Waals surface area contributed by atoms with Crippen LogP contribution in [-0.2, 0) is 24.2 Å². The van der Waals surface area contributed by atoms with Gasteiger partial charge in [0.1, 0.15) is 17.4 Å². The number of rotatable bonds is 5. The minimum atomic E-state index is -0.682. The highest BCUT2D eigenvalue weighted by atomic mass is 19.1. The van der Waals surface area contributed by atoms with Crippen molar-refractivity contribution in [2.75, 3.05) is 0 Å². The molecular formula is C15H16F2N2O. The number of carbonyl (C=O) groups is 1. The molecule has 0 fully saturated rings. The maximum absolute atomic E-state index is 13.5. The van der Waals surface area contributed by atoms with Crippen LogP contribution in [0.25, 0.3) is 0 Å². The topological polar surface area (TPSA) is 34.9 Å². The summed E-state index contributed by atoms with van der Waals surface area (Å²) in [7, 11) is 0. The number of hydrogen-bond acceptors (Lipinski definition) is 2. The number of Topliss-reactive ketones (excluding diaryl/α,β-unsaturated/α-hetero) is 1. The van der Waals surface area contributed by atoms with Crippen LogP contribution in [0, 0.1) is 18.6 Å². The van der Waals surface area contributed by atoms with Crippen molar-refractivity contribution in [1.29, 1.82) is 0 Å². The zero-order chi connectivity index (χ0) is 14.7. The van der Waals surface area contributed by atoms with E-state index in [4.69, 9.17) is 0 Å². The first kappa shape index (κ1) is 14.4. The molecule has 5 heteroatoms. The zero-order valence-electron chi connectivity index (χ0n) is 11.5. The van der Waals surface area contributed by atoms with Crippen molar-refractivity contribution in [3.63, 3.8) is 0 Å². The Morgan fingerprint density at radius 1 is 1.25 bits per heavy atom. The second kappa shape index (κ2) is 5.94. The lowest BCUT2D eigenvalue weighted by molar-refractivity contribution is -0.117. The van der Waals surface area contributed by atoms with Gasteiger partial charge in [0.05, 0.1) is 5.69 Å². The molecule has 0 aliphatic carbocycles. The molecule has 20 heavy (non-hydrogen) atoms. The average Bonchev–Trinajstić information content (AvgIpc) is 2.73. The van der Waals surface area contributed by atoms with Crippen molar-refractivity contribution in [1.82, 2.24) is 9.78 Å². The van der Waals surface area contributed by atoms with Crippen LogP contribution >= 0.6 is 0 Å². The third-order valence-electron chi connectivity index (χ3n) is 3.07. The van der Waals surface area contributed by atoms with E-state index in [-0.39, 0.29) is 24.2 Å². The molecule has 1 aromatic heterocycles. The quantitative estimate of drug-likeness (QED) is 0.843. The Hall–Kier alpha value is -2.04. The molecular weight excluding hydrogens is 262 g/mol. The van der Waals surface area contributed by atoms with Crippen molar-refractivity contribution >= 4 is 5.78 Å². The first-order chi connectivity index (χ1) is 9.49. The molecule has 1 aromatic carbocycles. The molecule has 1 heterocycles. The first-order valence-electron chi connectivity index (χ1n) is 6.48. The van der Waals surface area contributed by atoms with Gasteiger partial charge >= 0.3 is 0 Å². The van der Waals surface area contributed by atoms with Crippen molar-refractivity contribution in [3.05, 3.63) is 52.9 Å². The molecule has 106 valence electrons. The number of ketones is 1. The number of aryl methyl sites for hydroxylation is 2. The summed E-state index contributed by atoms with van der Waals surface area (Å²) in [6.45, 7) is 4.49. The molecule has 0 saturated heterocycles. The summed E-state index contributed by atoms with van der Waals surface area (Å²) in [5.74, 6) is -1.44. The smallest absolute Gasteiger partial charge is 0.143 e. The maximum Gasteiger partial charge on any atom is 0.143 e. The summed E-state index contributed by atoms with van der Waals surface area (Å²) < 4.78 is 28.0. The van der Waals surface area contributed by atoms with E-state index in [1.54, 1.807) is 4.68 Å². The molecule has 0 saturated carbocycles. The molecule has 3 nitrogen and oxygen atoms in total. The van der Waals surface area contributed by atoms with Crippen LogP contribution in [-0.4, -0.2) is 15.6 Å². The van der Waals surface area contributed by atoms with Gasteiger partial charge in [0.25, 0.3) is 0 Å². The van der Waals surface area contributed by atoms with Crippen LogP contribution in [0.5, 0.6) is 0 Å². The van der Waals surface area contributed by atoms with Gasteiger partial charge in [-0.05, 0) is 31.5 Å². The summed E-state index contributed by atoms with van der Waals surface area (Å²) in [4.78, 5) is 12.0. The summed E-state index contributed by atoms with van der Waals surface area (Å²) in [5, 5.41) is 4.26. The summed E-state index contributed by atoms with van der Waals surface area (Å²) in [6.07, 6.45) is 0.158. The van der Waals surface area contributed by atoms with E-state index in [0.717, 1.165) is 23.5 Å². The summed E-state index contributed by atoms with van der Waals surface area (Å²) in [5.41, 5.74) is 1.89. The van der Waals surface area contributed by atoms with E-state index in [1.165, 1.54) is 6.07 Å². The van der Waals surface area contributed by atoms with E-state index in [1.807, 2.05) is 19.9 Å². The summed E-state index contributed by atoms with van der Waals surface area (Å²) in [6, 6.07) is 5.11. The van der Waals surface area contributed by atoms with Crippen molar-refractivity contribution in [3.8, 4) is 0 Å². The van der Waals surface area contributed by atoms with E-state index in [9.17, 15) is 13.6 Å². The molecule has 0 bridgehead atoms. The standard InChI is InChI=1S/C15H16F2N2O/c1-3-19-13(6-10(2)18-19)9-14(20)7-11-4-5-12(16)8-15(11)17/h4-6,8H,3,7,9H2,1-2H3. The Bertz CT molecular complexity index is 635. The van der Waals surface area contributed by atoms with Gasteiger partial charge in [-0.1, -0.05) is 6.07 Å². The lowest BCUT2D eigenvalue weighted by Gasteiger charge is -2.05. The largest absolute Gasteiger partial charge is 0.299 e. The highest BCUT2D eigenvalue weighted by Gasteiger charge is 2.13. The van der Waals surface area contributed by atoms with Gasteiger partial charge in [-0.15, -0.1) is 0 Å². The Balaban J connectivity index is 2.09. The fourth-order valence-electron chi connectivity index (χ4n) is 2.16. The predicted octanol–water partition coefficient (Wildman–Crippen LogP) is 2.84. The second-order valence-electron chi connectivity index (χ2n) is 4.72. The normalized spacial score (nSPS) is 10.8. The van der Waals surface area contributed by atoms with Crippen LogP contribution in [0.4, 0.5) is 8.78 Å². The van der Waals surface area contributed by atoms with E-state index in [0.29, 0.717) is 6.54 Å². The number of aromatic nitrogens is 2. The van der Waals surface area contributed by atoms with Gasteiger partial charge in [-0.3, -0.25) is 9.48 Å². The number of carbonyl (C=O) groups excluding carboxylic acids is 1. The monoisotopic (exact) mass is 278 g/mol. The predicted molar refractivity (Wildman–Crippen MR) is 71.4 cm³/mol. The molecule has 2 aromatic rings. The fourth-order valence-corrected chi connectivity index (χ4v) is 2.16. The Labute approximate surface area is 116 Å². The van der Waals surface area contributed by atoms with E-state index >= 15 is 0 Å². The average molecular weight is 278 g/mol. The minimum Gasteiger partial charge on any atom is -0.299 e. The van der Waals surface area contributed by atoms with E-state index in [2.05, 4.69) is 5.10 Å². The number of nitrogens with zero attached hydrogens (tertiary/aromatic N) is 2. The van der Waals surface area contributed by atoms with Gasteiger partial charge in [-0.2, -0.15) is 5.10 Å². The van der Waals surface area contributed by atoms with Crippen molar-refractivity contribution < 1.29 is 13.6 Å². The molecule has 0 aliphatic rings. The van der Waals surface area contributed by atoms with Gasteiger partial charge < -0.3 is 0 Å². The Morgan fingerprint density at radius 2 is 2.00 bits per heavy atom. The lowest BCUT2D eigenvalue weighted by Crippen LogP contribution is -2.12. The molecule has 0 aliphatic heterocycles. The molecule has 0 atom stereocenters. The van der Waals surface area contributed by atoms with Gasteiger partial charge in [0.2, 0.25) is 0 Å². The van der Waals surface area contributed by atoms with Crippen LogP contribution in [0.1, 0.15) is 23.9 Å². The molecule has 0 spiro atoms.